The minimum atomic E-state index is -2.96. The molecule has 0 saturated carbocycles. The van der Waals surface area contributed by atoms with E-state index in [1.54, 1.807) is 0 Å². The number of amides is 1. The van der Waals surface area contributed by atoms with Gasteiger partial charge in [0.1, 0.15) is 5.75 Å². The lowest BCUT2D eigenvalue weighted by molar-refractivity contribution is -0.152. The maximum Gasteiger partial charge on any atom is 0.387 e. The van der Waals surface area contributed by atoms with E-state index in [2.05, 4.69) is 4.74 Å². The topological polar surface area (TPSA) is 66.8 Å². The first-order chi connectivity index (χ1) is 11.4. The Labute approximate surface area is 139 Å². The fourth-order valence-corrected chi connectivity index (χ4v) is 3.26. The number of hydrogen-bond donors (Lipinski definition) is 1. The summed E-state index contributed by atoms with van der Waals surface area (Å²) in [5, 5.41) is 9.59. The molecular formula is C17H21F2NO4. The van der Waals surface area contributed by atoms with Crippen molar-refractivity contribution >= 4 is 11.9 Å². The summed E-state index contributed by atoms with van der Waals surface area (Å²) in [5.41, 5.74) is -0.717. The Morgan fingerprint density at radius 3 is 2.79 bits per heavy atom. The molecular weight excluding hydrogens is 320 g/mol. The van der Waals surface area contributed by atoms with Crippen molar-refractivity contribution in [2.75, 3.05) is 13.1 Å². The zero-order valence-electron chi connectivity index (χ0n) is 13.5. The average Bonchev–Trinajstić information content (AvgIpc) is 2.54. The highest BCUT2D eigenvalue weighted by atomic mass is 19.3. The van der Waals surface area contributed by atoms with Crippen LogP contribution < -0.4 is 4.74 Å². The maximum atomic E-state index is 12.6. The molecule has 1 saturated heterocycles. The summed E-state index contributed by atoms with van der Waals surface area (Å²) in [4.78, 5) is 25.8. The number of piperidine rings is 1. The van der Waals surface area contributed by atoms with E-state index in [4.69, 9.17) is 0 Å². The number of carbonyl (C=O) groups is 2. The molecule has 1 aromatic carbocycles. The Morgan fingerprint density at radius 1 is 1.42 bits per heavy atom. The predicted octanol–water partition coefficient (Wildman–Crippen LogP) is 3.40. The second-order valence-corrected chi connectivity index (χ2v) is 6.07. The second-order valence-electron chi connectivity index (χ2n) is 6.07. The number of ether oxygens (including phenoxy) is 1. The molecule has 1 aromatic rings. The van der Waals surface area contributed by atoms with E-state index in [0.29, 0.717) is 32.2 Å². The molecule has 7 heteroatoms. The van der Waals surface area contributed by atoms with Crippen LogP contribution in [0.1, 0.15) is 43.0 Å². The van der Waals surface area contributed by atoms with Crippen molar-refractivity contribution < 1.29 is 28.2 Å². The summed E-state index contributed by atoms with van der Waals surface area (Å²) in [6.45, 7) is -0.460. The first-order valence-corrected chi connectivity index (χ1v) is 7.95. The standard InChI is InChI=1S/C17H21F2NO4/c1-2-7-17(15(22)23)8-4-9-20(11-17)14(21)12-5-3-6-13(10-12)24-16(18)19/h3,5-6,10,16H,2,4,7-9,11H2,1H3,(H,22,23). The Bertz CT molecular complexity index is 604. The van der Waals surface area contributed by atoms with Crippen molar-refractivity contribution in [1.82, 2.24) is 4.90 Å². The molecule has 24 heavy (non-hydrogen) atoms. The van der Waals surface area contributed by atoms with E-state index in [1.165, 1.54) is 29.2 Å². The molecule has 132 valence electrons. The van der Waals surface area contributed by atoms with Gasteiger partial charge in [-0.2, -0.15) is 8.78 Å². The van der Waals surface area contributed by atoms with Crippen LogP contribution in [-0.4, -0.2) is 41.6 Å². The number of halogens is 2. The highest BCUT2D eigenvalue weighted by molar-refractivity contribution is 5.95. The molecule has 0 aliphatic carbocycles. The lowest BCUT2D eigenvalue weighted by Gasteiger charge is -2.40. The Kier molecular flexibility index (Phi) is 5.75. The largest absolute Gasteiger partial charge is 0.481 e. The first-order valence-electron chi connectivity index (χ1n) is 7.95. The quantitative estimate of drug-likeness (QED) is 0.861. The van der Waals surface area contributed by atoms with Crippen molar-refractivity contribution in [2.45, 2.75) is 39.2 Å². The van der Waals surface area contributed by atoms with Gasteiger partial charge in [0.15, 0.2) is 0 Å². The molecule has 1 fully saturated rings. The van der Waals surface area contributed by atoms with Gasteiger partial charge in [-0.05, 0) is 37.5 Å². The van der Waals surface area contributed by atoms with Crippen molar-refractivity contribution in [2.24, 2.45) is 5.41 Å². The molecule has 5 nitrogen and oxygen atoms in total. The predicted molar refractivity (Wildman–Crippen MR) is 83.2 cm³/mol. The fraction of sp³-hybridized carbons (Fsp3) is 0.529. The van der Waals surface area contributed by atoms with Crippen LogP contribution in [0.3, 0.4) is 0 Å². The molecule has 1 aliphatic rings. The number of carbonyl (C=O) groups excluding carboxylic acids is 1. The summed E-state index contributed by atoms with van der Waals surface area (Å²) < 4.78 is 28.9. The average molecular weight is 341 g/mol. The van der Waals surface area contributed by atoms with Crippen LogP contribution in [-0.2, 0) is 4.79 Å². The van der Waals surface area contributed by atoms with Gasteiger partial charge in [-0.3, -0.25) is 9.59 Å². The van der Waals surface area contributed by atoms with E-state index in [9.17, 15) is 23.5 Å². The van der Waals surface area contributed by atoms with Gasteiger partial charge in [-0.1, -0.05) is 19.4 Å². The smallest absolute Gasteiger partial charge is 0.387 e. The first kappa shape index (κ1) is 18.2. The highest BCUT2D eigenvalue weighted by Crippen LogP contribution is 2.35. The molecule has 1 unspecified atom stereocenters. The number of carboxylic acid groups (broad SMARTS) is 1. The van der Waals surface area contributed by atoms with Crippen LogP contribution in [0.2, 0.25) is 0 Å². The van der Waals surface area contributed by atoms with Gasteiger partial charge < -0.3 is 14.7 Å². The molecule has 0 aromatic heterocycles. The number of benzene rings is 1. The number of rotatable bonds is 6. The van der Waals surface area contributed by atoms with Crippen molar-refractivity contribution in [3.05, 3.63) is 29.8 Å². The monoisotopic (exact) mass is 341 g/mol. The van der Waals surface area contributed by atoms with E-state index >= 15 is 0 Å². The molecule has 1 heterocycles. The van der Waals surface area contributed by atoms with Gasteiger partial charge in [0.05, 0.1) is 5.41 Å². The number of hydrogen-bond acceptors (Lipinski definition) is 3. The summed E-state index contributed by atoms with van der Waals surface area (Å²) in [5.74, 6) is -1.35. The molecule has 0 bridgehead atoms. The fourth-order valence-electron chi connectivity index (χ4n) is 3.26. The minimum absolute atomic E-state index is 0.0917. The number of carboxylic acids is 1. The number of alkyl halides is 2. The van der Waals surface area contributed by atoms with Gasteiger partial charge in [0.25, 0.3) is 5.91 Å². The van der Waals surface area contributed by atoms with Crippen molar-refractivity contribution in [3.8, 4) is 5.75 Å². The Balaban J connectivity index is 2.18. The third kappa shape index (κ3) is 4.01. The van der Waals surface area contributed by atoms with E-state index < -0.39 is 18.0 Å². The summed E-state index contributed by atoms with van der Waals surface area (Å²) in [6.07, 6.45) is 2.35. The van der Waals surface area contributed by atoms with Crippen LogP contribution in [0.5, 0.6) is 5.75 Å². The molecule has 1 aliphatic heterocycles. The summed E-state index contributed by atoms with van der Waals surface area (Å²) >= 11 is 0. The third-order valence-electron chi connectivity index (χ3n) is 4.35. The molecule has 0 radical (unpaired) electrons. The van der Waals surface area contributed by atoms with Crippen molar-refractivity contribution in [3.63, 3.8) is 0 Å². The Hall–Kier alpha value is -2.18. The second kappa shape index (κ2) is 7.59. The van der Waals surface area contributed by atoms with Crippen LogP contribution in [0.4, 0.5) is 8.78 Å². The molecule has 2 rings (SSSR count). The zero-order chi connectivity index (χ0) is 17.7. The van der Waals surface area contributed by atoms with Crippen LogP contribution in [0.25, 0.3) is 0 Å². The van der Waals surface area contributed by atoms with Crippen LogP contribution in [0, 0.1) is 5.41 Å². The lowest BCUT2D eigenvalue weighted by Crippen LogP contribution is -2.49. The number of likely N-dealkylation sites (tertiary alicyclic amines) is 1. The van der Waals surface area contributed by atoms with E-state index in [-0.39, 0.29) is 23.8 Å². The van der Waals surface area contributed by atoms with Crippen LogP contribution in [0.15, 0.2) is 24.3 Å². The van der Waals surface area contributed by atoms with Gasteiger partial charge in [0, 0.05) is 18.7 Å². The molecule has 1 N–H and O–H groups in total. The zero-order valence-corrected chi connectivity index (χ0v) is 13.5. The highest BCUT2D eigenvalue weighted by Gasteiger charge is 2.42. The molecule has 1 atom stereocenters. The number of nitrogens with zero attached hydrogens (tertiary/aromatic N) is 1. The molecule has 1 amide bonds. The maximum absolute atomic E-state index is 12.6. The van der Waals surface area contributed by atoms with E-state index in [1.807, 2.05) is 6.92 Å². The summed E-state index contributed by atoms with van der Waals surface area (Å²) in [7, 11) is 0. The summed E-state index contributed by atoms with van der Waals surface area (Å²) in [6, 6.07) is 5.58. The minimum Gasteiger partial charge on any atom is -0.481 e. The lowest BCUT2D eigenvalue weighted by atomic mass is 9.76. The SMILES string of the molecule is CCCC1(C(=O)O)CCCN(C(=O)c2cccc(OC(F)F)c2)C1. The van der Waals surface area contributed by atoms with Gasteiger partial charge in [-0.25, -0.2) is 0 Å². The van der Waals surface area contributed by atoms with Crippen molar-refractivity contribution in [1.29, 1.82) is 0 Å². The Morgan fingerprint density at radius 2 is 2.17 bits per heavy atom. The van der Waals surface area contributed by atoms with Gasteiger partial charge in [-0.15, -0.1) is 0 Å². The molecule has 0 spiro atoms. The normalized spacial score (nSPS) is 20.9. The van der Waals surface area contributed by atoms with Crippen LogP contribution >= 0.6 is 0 Å². The van der Waals surface area contributed by atoms with E-state index in [0.717, 1.165) is 0 Å². The van der Waals surface area contributed by atoms with Gasteiger partial charge in [0.2, 0.25) is 0 Å². The van der Waals surface area contributed by atoms with Gasteiger partial charge >= 0.3 is 12.6 Å². The number of aliphatic carboxylic acids is 1. The third-order valence-corrected chi connectivity index (χ3v) is 4.35.